The van der Waals surface area contributed by atoms with Crippen LogP contribution in [0.1, 0.15) is 69.4 Å². The smallest absolute Gasteiger partial charge is 0.303 e. The van der Waals surface area contributed by atoms with Gasteiger partial charge >= 0.3 is 5.97 Å². The van der Waals surface area contributed by atoms with E-state index in [2.05, 4.69) is 17.1 Å². The van der Waals surface area contributed by atoms with Gasteiger partial charge in [0.05, 0.1) is 0 Å². The minimum absolute atomic E-state index is 0.0361. The number of amides is 2. The first-order valence-electron chi connectivity index (χ1n) is 12.1. The topological polar surface area (TPSA) is 90.0 Å². The molecule has 2 amide bonds. The fourth-order valence-corrected chi connectivity index (χ4v) is 4.96. The van der Waals surface area contributed by atoms with Crippen LogP contribution >= 0.6 is 0 Å². The summed E-state index contributed by atoms with van der Waals surface area (Å²) in [5.41, 5.74) is 2.10. The quantitative estimate of drug-likeness (QED) is 0.544. The number of hydrogen-bond donors (Lipinski definition) is 2. The summed E-state index contributed by atoms with van der Waals surface area (Å²) in [5.74, 6) is -1.05. The molecule has 0 radical (unpaired) electrons. The Labute approximate surface area is 195 Å². The van der Waals surface area contributed by atoms with Crippen molar-refractivity contribution in [1.82, 2.24) is 9.80 Å². The Morgan fingerprint density at radius 3 is 2.48 bits per heavy atom. The van der Waals surface area contributed by atoms with Crippen molar-refractivity contribution < 1.29 is 23.9 Å². The number of carboxylic acid groups (broad SMARTS) is 1. The largest absolute Gasteiger partial charge is 0.481 e. The number of benzene rings is 1. The van der Waals surface area contributed by atoms with Crippen molar-refractivity contribution in [3.05, 3.63) is 29.1 Å². The second-order valence-electron chi connectivity index (χ2n) is 9.48. The third-order valence-electron chi connectivity index (χ3n) is 6.89. The number of piperazine rings is 1. The lowest BCUT2D eigenvalue weighted by atomic mass is 10.0. The lowest BCUT2D eigenvalue weighted by Gasteiger charge is -2.41. The first-order chi connectivity index (χ1) is 15.7. The molecular formula is C25H36FN3O4. The number of hydrogen-bond acceptors (Lipinski definition) is 4. The van der Waals surface area contributed by atoms with Crippen molar-refractivity contribution in [2.24, 2.45) is 5.92 Å². The second-order valence-corrected chi connectivity index (χ2v) is 9.48. The van der Waals surface area contributed by atoms with Gasteiger partial charge in [-0.05, 0) is 62.8 Å². The van der Waals surface area contributed by atoms with Crippen molar-refractivity contribution in [2.75, 3.05) is 25.0 Å². The van der Waals surface area contributed by atoms with Crippen LogP contribution in [-0.4, -0.2) is 58.4 Å². The molecule has 1 aliphatic carbocycles. The maximum Gasteiger partial charge on any atom is 0.303 e. The third-order valence-corrected chi connectivity index (χ3v) is 6.89. The fourth-order valence-electron chi connectivity index (χ4n) is 4.96. The van der Waals surface area contributed by atoms with Gasteiger partial charge in [-0.15, -0.1) is 0 Å². The molecule has 182 valence electrons. The number of anilines is 1. The summed E-state index contributed by atoms with van der Waals surface area (Å²) in [5, 5.41) is 11.5. The third kappa shape index (κ3) is 7.00. The van der Waals surface area contributed by atoms with Crippen LogP contribution in [0.4, 0.5) is 10.1 Å². The lowest BCUT2D eigenvalue weighted by Crippen LogP contribution is -2.54. The van der Waals surface area contributed by atoms with E-state index in [1.165, 1.54) is 12.1 Å². The van der Waals surface area contributed by atoms with E-state index >= 15 is 0 Å². The van der Waals surface area contributed by atoms with Gasteiger partial charge in [-0.3, -0.25) is 19.3 Å². The van der Waals surface area contributed by atoms with Crippen LogP contribution in [0.3, 0.4) is 0 Å². The number of halogens is 1. The zero-order valence-corrected chi connectivity index (χ0v) is 19.7. The maximum absolute atomic E-state index is 14.3. The summed E-state index contributed by atoms with van der Waals surface area (Å²) in [7, 11) is 0. The van der Waals surface area contributed by atoms with Crippen LogP contribution < -0.4 is 5.32 Å². The molecule has 1 heterocycles. The van der Waals surface area contributed by atoms with Crippen molar-refractivity contribution in [3.8, 4) is 0 Å². The Hall–Kier alpha value is -2.48. The average molecular weight is 462 g/mol. The molecule has 1 saturated heterocycles. The van der Waals surface area contributed by atoms with E-state index in [4.69, 9.17) is 5.11 Å². The van der Waals surface area contributed by atoms with Gasteiger partial charge in [-0.1, -0.05) is 12.8 Å². The van der Waals surface area contributed by atoms with Gasteiger partial charge in [-0.25, -0.2) is 4.39 Å². The highest BCUT2D eigenvalue weighted by atomic mass is 19.1. The second kappa shape index (κ2) is 11.6. The first kappa shape index (κ1) is 25.1. The van der Waals surface area contributed by atoms with Crippen LogP contribution in [0.5, 0.6) is 0 Å². The molecule has 7 nitrogen and oxygen atoms in total. The van der Waals surface area contributed by atoms with Crippen molar-refractivity contribution in [2.45, 2.75) is 77.8 Å². The van der Waals surface area contributed by atoms with Gasteiger partial charge in [0.1, 0.15) is 5.82 Å². The number of aliphatic carboxylic acids is 1. The highest BCUT2D eigenvalue weighted by molar-refractivity contribution is 5.91. The summed E-state index contributed by atoms with van der Waals surface area (Å²) in [6.45, 7) is 6.67. The van der Waals surface area contributed by atoms with E-state index in [-0.39, 0.29) is 36.6 Å². The summed E-state index contributed by atoms with van der Waals surface area (Å²) < 4.78 is 14.3. The molecule has 0 aromatic heterocycles. The first-order valence-corrected chi connectivity index (χ1v) is 12.1. The van der Waals surface area contributed by atoms with Crippen LogP contribution in [0.15, 0.2) is 12.1 Å². The van der Waals surface area contributed by atoms with Crippen LogP contribution in [0.2, 0.25) is 0 Å². The predicted octanol–water partition coefficient (Wildman–Crippen LogP) is 3.94. The van der Waals surface area contributed by atoms with Gasteiger partial charge in [0, 0.05) is 56.7 Å². The molecule has 1 saturated carbocycles. The normalized spacial score (nSPS) is 19.6. The van der Waals surface area contributed by atoms with E-state index in [1.54, 1.807) is 0 Å². The highest BCUT2D eigenvalue weighted by Gasteiger charge is 2.33. The Bertz CT molecular complexity index is 869. The zero-order valence-electron chi connectivity index (χ0n) is 19.7. The summed E-state index contributed by atoms with van der Waals surface area (Å²) in [6.07, 6.45) is 5.44. The molecule has 0 bridgehead atoms. The van der Waals surface area contributed by atoms with E-state index in [0.717, 1.165) is 49.9 Å². The van der Waals surface area contributed by atoms with Gasteiger partial charge in [-0.2, -0.15) is 0 Å². The molecular weight excluding hydrogens is 425 g/mol. The average Bonchev–Trinajstić information content (AvgIpc) is 3.29. The molecule has 1 aromatic carbocycles. The molecule has 1 aromatic rings. The Balaban J connectivity index is 1.56. The van der Waals surface area contributed by atoms with Crippen molar-refractivity contribution in [1.29, 1.82) is 0 Å². The Morgan fingerprint density at radius 1 is 1.12 bits per heavy atom. The molecule has 2 aliphatic rings. The minimum Gasteiger partial charge on any atom is -0.481 e. The summed E-state index contributed by atoms with van der Waals surface area (Å²) in [4.78, 5) is 39.9. The number of nitrogens with one attached hydrogen (secondary N) is 1. The maximum atomic E-state index is 14.3. The molecule has 0 unspecified atom stereocenters. The standard InChI is InChI=1S/C25H36FN3O4/c1-17-15-28(11-12-29(17)25(33)19-7-3-4-8-19)16-20-13-21(26)14-22(18(20)2)27-23(30)9-5-6-10-24(31)32/h13-14,17,19H,3-12,15-16H2,1-2H3,(H,27,30)(H,31,32)/t17-/m0/s1. The molecule has 8 heteroatoms. The van der Waals surface area contributed by atoms with E-state index in [0.29, 0.717) is 31.6 Å². The van der Waals surface area contributed by atoms with Gasteiger partial charge in [0.25, 0.3) is 0 Å². The van der Waals surface area contributed by atoms with Crippen LogP contribution in [0, 0.1) is 18.7 Å². The van der Waals surface area contributed by atoms with E-state index in [1.807, 2.05) is 11.8 Å². The number of carbonyl (C=O) groups is 3. The zero-order chi connectivity index (χ0) is 24.0. The monoisotopic (exact) mass is 461 g/mol. The fraction of sp³-hybridized carbons (Fsp3) is 0.640. The molecule has 1 atom stereocenters. The van der Waals surface area contributed by atoms with Crippen LogP contribution in [0.25, 0.3) is 0 Å². The molecule has 33 heavy (non-hydrogen) atoms. The number of carbonyl (C=O) groups excluding carboxylic acids is 2. The summed E-state index contributed by atoms with van der Waals surface area (Å²) >= 11 is 0. The Kier molecular flexibility index (Phi) is 8.83. The SMILES string of the molecule is Cc1c(CN2CCN(C(=O)C3CCCC3)[C@@H](C)C2)cc(F)cc1NC(=O)CCCCC(=O)O. The predicted molar refractivity (Wildman–Crippen MR) is 124 cm³/mol. The van der Waals surface area contributed by atoms with Crippen molar-refractivity contribution >= 4 is 23.5 Å². The molecule has 3 rings (SSSR count). The van der Waals surface area contributed by atoms with Crippen LogP contribution in [-0.2, 0) is 20.9 Å². The minimum atomic E-state index is -0.876. The molecule has 1 aliphatic heterocycles. The van der Waals surface area contributed by atoms with Gasteiger partial charge in [0.2, 0.25) is 11.8 Å². The number of unbranched alkanes of at least 4 members (excludes halogenated alkanes) is 1. The Morgan fingerprint density at radius 2 is 1.82 bits per heavy atom. The molecule has 2 N–H and O–H groups in total. The summed E-state index contributed by atoms with van der Waals surface area (Å²) in [6, 6.07) is 2.96. The van der Waals surface area contributed by atoms with Gasteiger partial charge in [0.15, 0.2) is 0 Å². The lowest BCUT2D eigenvalue weighted by molar-refractivity contribution is -0.140. The number of nitrogens with zero attached hydrogens (tertiary/aromatic N) is 2. The van der Waals surface area contributed by atoms with E-state index in [9.17, 15) is 18.8 Å². The number of rotatable bonds is 9. The number of carboxylic acids is 1. The highest BCUT2D eigenvalue weighted by Crippen LogP contribution is 2.29. The molecule has 0 spiro atoms. The van der Waals surface area contributed by atoms with Gasteiger partial charge < -0.3 is 15.3 Å². The van der Waals surface area contributed by atoms with Crippen molar-refractivity contribution in [3.63, 3.8) is 0 Å². The van der Waals surface area contributed by atoms with E-state index < -0.39 is 11.8 Å². The molecule has 2 fully saturated rings.